The van der Waals surface area contributed by atoms with Gasteiger partial charge in [-0.15, -0.1) is 0 Å². The van der Waals surface area contributed by atoms with Crippen LogP contribution in [0.2, 0.25) is 10.0 Å². The van der Waals surface area contributed by atoms with Gasteiger partial charge < -0.3 is 10.2 Å². The molecule has 4 fully saturated rings. The van der Waals surface area contributed by atoms with Crippen LogP contribution in [0.15, 0.2) is 72.8 Å². The van der Waals surface area contributed by atoms with Gasteiger partial charge in [0.1, 0.15) is 12.6 Å². The van der Waals surface area contributed by atoms with Crippen molar-refractivity contribution in [3.63, 3.8) is 0 Å². The quantitative estimate of drug-likeness (QED) is 0.201. The molecule has 4 saturated carbocycles. The van der Waals surface area contributed by atoms with Gasteiger partial charge in [-0.25, -0.2) is 8.42 Å². The van der Waals surface area contributed by atoms with Crippen molar-refractivity contribution in [2.24, 2.45) is 17.8 Å². The minimum absolute atomic E-state index is 0.0725. The Labute approximate surface area is 295 Å². The molecule has 7 rings (SSSR count). The van der Waals surface area contributed by atoms with Crippen LogP contribution in [0.5, 0.6) is 0 Å². The smallest absolute Gasteiger partial charge is 0.244 e. The number of rotatable bonds is 13. The van der Waals surface area contributed by atoms with Crippen LogP contribution in [0.4, 0.5) is 5.69 Å². The molecule has 10 heteroatoms. The lowest BCUT2D eigenvalue weighted by Gasteiger charge is -2.57. The summed E-state index contributed by atoms with van der Waals surface area (Å²) in [5.74, 6) is 1.50. The van der Waals surface area contributed by atoms with E-state index in [1.165, 1.54) is 49.0 Å². The molecule has 4 aliphatic rings. The van der Waals surface area contributed by atoms with E-state index >= 15 is 0 Å². The number of halogens is 2. The van der Waals surface area contributed by atoms with E-state index in [2.05, 4.69) is 17.4 Å². The molecule has 1 atom stereocenters. The first-order valence-electron chi connectivity index (χ1n) is 17.1. The molecule has 0 heterocycles. The normalized spacial score (nSPS) is 23.5. The summed E-state index contributed by atoms with van der Waals surface area (Å²) in [4.78, 5) is 29.6. The number of nitrogens with one attached hydrogen (secondary N) is 1. The maximum Gasteiger partial charge on any atom is 0.244 e. The molecule has 7 nitrogen and oxygen atoms in total. The average Bonchev–Trinajstić information content (AvgIpc) is 3.04. The summed E-state index contributed by atoms with van der Waals surface area (Å²) >= 11 is 13.2. The van der Waals surface area contributed by atoms with Gasteiger partial charge in [-0.1, -0.05) is 78.7 Å². The summed E-state index contributed by atoms with van der Waals surface area (Å²) in [7, 11) is -3.88. The molecule has 0 saturated heterocycles. The maximum absolute atomic E-state index is 14.5. The number of sulfonamides is 1. The molecule has 3 aromatic carbocycles. The lowest BCUT2D eigenvalue weighted by Crippen LogP contribution is -2.53. The van der Waals surface area contributed by atoms with Crippen molar-refractivity contribution in [2.75, 3.05) is 23.7 Å². The van der Waals surface area contributed by atoms with Gasteiger partial charge in [-0.2, -0.15) is 0 Å². The molecule has 0 aliphatic heterocycles. The van der Waals surface area contributed by atoms with Crippen molar-refractivity contribution in [2.45, 2.75) is 76.3 Å². The molecule has 1 N–H and O–H groups in total. The summed E-state index contributed by atoms with van der Waals surface area (Å²) in [6.07, 6.45) is 9.70. The maximum atomic E-state index is 14.5. The van der Waals surface area contributed by atoms with Crippen molar-refractivity contribution in [1.82, 2.24) is 10.2 Å². The van der Waals surface area contributed by atoms with E-state index in [0.717, 1.165) is 40.3 Å². The van der Waals surface area contributed by atoms with Crippen LogP contribution in [-0.4, -0.2) is 50.5 Å². The van der Waals surface area contributed by atoms with E-state index < -0.39 is 28.5 Å². The van der Waals surface area contributed by atoms with E-state index in [1.54, 1.807) is 18.2 Å². The molecule has 2 amide bonds. The van der Waals surface area contributed by atoms with E-state index in [4.69, 9.17) is 23.2 Å². The number of amides is 2. The Hall–Kier alpha value is -3.07. The van der Waals surface area contributed by atoms with Crippen LogP contribution in [-0.2, 0) is 38.0 Å². The van der Waals surface area contributed by atoms with Gasteiger partial charge in [-0.05, 0) is 104 Å². The monoisotopic (exact) mass is 709 g/mol. The molecular formula is C38H45Cl2N3O4S. The zero-order valence-electron chi connectivity index (χ0n) is 27.7. The van der Waals surface area contributed by atoms with Crippen molar-refractivity contribution in [3.05, 3.63) is 99.5 Å². The van der Waals surface area contributed by atoms with Crippen molar-refractivity contribution >= 4 is 50.7 Å². The van der Waals surface area contributed by atoms with E-state index in [-0.39, 0.29) is 24.3 Å². The summed E-state index contributed by atoms with van der Waals surface area (Å²) in [6.45, 7) is 1.84. The van der Waals surface area contributed by atoms with Crippen molar-refractivity contribution in [3.8, 4) is 0 Å². The average molecular weight is 711 g/mol. The van der Waals surface area contributed by atoms with E-state index in [1.807, 2.05) is 49.4 Å². The van der Waals surface area contributed by atoms with Crippen LogP contribution >= 0.6 is 23.2 Å². The Bertz CT molecular complexity index is 1680. The van der Waals surface area contributed by atoms with Crippen molar-refractivity contribution in [1.29, 1.82) is 0 Å². The first-order chi connectivity index (χ1) is 23.0. The van der Waals surface area contributed by atoms with Crippen LogP contribution in [0.3, 0.4) is 0 Å². The second-order valence-electron chi connectivity index (χ2n) is 14.2. The molecule has 4 bridgehead atoms. The predicted molar refractivity (Wildman–Crippen MR) is 193 cm³/mol. The minimum atomic E-state index is -3.88. The molecule has 3 aromatic rings. The van der Waals surface area contributed by atoms with Crippen LogP contribution in [0.1, 0.15) is 68.6 Å². The van der Waals surface area contributed by atoms with Gasteiger partial charge in [0.15, 0.2) is 0 Å². The van der Waals surface area contributed by atoms with Gasteiger partial charge in [0.25, 0.3) is 0 Å². The lowest BCUT2D eigenvalue weighted by molar-refractivity contribution is -0.140. The number of carbonyl (C=O) groups is 2. The first kappa shape index (κ1) is 34.8. The molecular weight excluding hydrogens is 665 g/mol. The number of carbonyl (C=O) groups excluding carboxylic acids is 2. The fraction of sp³-hybridized carbons (Fsp3) is 0.474. The van der Waals surface area contributed by atoms with Crippen LogP contribution in [0, 0.1) is 17.8 Å². The molecule has 256 valence electrons. The summed E-state index contributed by atoms with van der Waals surface area (Å²) in [6, 6.07) is 21.4. The van der Waals surface area contributed by atoms with Gasteiger partial charge >= 0.3 is 0 Å². The molecule has 48 heavy (non-hydrogen) atoms. The topological polar surface area (TPSA) is 86.8 Å². The lowest BCUT2D eigenvalue weighted by atomic mass is 9.48. The van der Waals surface area contributed by atoms with Crippen molar-refractivity contribution < 1.29 is 18.0 Å². The van der Waals surface area contributed by atoms with Gasteiger partial charge in [0.2, 0.25) is 21.8 Å². The number of hydrogen-bond acceptors (Lipinski definition) is 4. The minimum Gasteiger partial charge on any atom is -0.354 e. The Balaban J connectivity index is 1.32. The highest BCUT2D eigenvalue weighted by Gasteiger charge is 2.51. The second kappa shape index (κ2) is 14.4. The molecule has 4 aliphatic carbocycles. The predicted octanol–water partition coefficient (Wildman–Crippen LogP) is 7.39. The third-order valence-corrected chi connectivity index (χ3v) is 12.5. The highest BCUT2D eigenvalue weighted by Crippen LogP contribution is 2.60. The van der Waals surface area contributed by atoms with Crippen LogP contribution < -0.4 is 9.62 Å². The summed E-state index contributed by atoms with van der Waals surface area (Å²) in [5, 5.41) is 3.66. The first-order valence-corrected chi connectivity index (χ1v) is 19.7. The Morgan fingerprint density at radius 1 is 0.875 bits per heavy atom. The van der Waals surface area contributed by atoms with Gasteiger partial charge in [0.05, 0.1) is 11.9 Å². The summed E-state index contributed by atoms with van der Waals surface area (Å²) in [5.41, 5.74) is 3.21. The third-order valence-electron chi connectivity index (χ3n) is 10.7. The summed E-state index contributed by atoms with van der Waals surface area (Å²) < 4.78 is 27.8. The zero-order chi connectivity index (χ0) is 34.1. The standard InChI is InChI=1S/C38H45Cl2N3O4S/c1-3-16-41-37(45)35(20-26-8-5-4-6-9-26)42(24-32-33(39)10-7-11-34(32)40)36(44)25-43(48(2,46)47)31-14-12-30(13-15-31)38-21-27-17-28(22-38)19-29(18-27)23-38/h4-15,27-29,35H,3,16-25H2,1-2H3,(H,41,45)/t27?,28?,29?,35-,38?/m1/s1. The molecule has 0 aromatic heterocycles. The van der Waals surface area contributed by atoms with E-state index in [9.17, 15) is 18.0 Å². The number of hydrogen-bond donors (Lipinski definition) is 1. The van der Waals surface area contributed by atoms with E-state index in [0.29, 0.717) is 27.8 Å². The van der Waals surface area contributed by atoms with Gasteiger partial charge in [-0.3, -0.25) is 13.9 Å². The Morgan fingerprint density at radius 3 is 2.00 bits per heavy atom. The third kappa shape index (κ3) is 7.56. The zero-order valence-corrected chi connectivity index (χ0v) is 30.0. The largest absolute Gasteiger partial charge is 0.354 e. The Kier molecular flexibility index (Phi) is 10.4. The van der Waals surface area contributed by atoms with Gasteiger partial charge in [0, 0.05) is 35.1 Å². The highest BCUT2D eigenvalue weighted by atomic mass is 35.5. The Morgan fingerprint density at radius 2 is 1.46 bits per heavy atom. The SMILES string of the molecule is CCCNC(=O)[C@@H](Cc1ccccc1)N(Cc1c(Cl)cccc1Cl)C(=O)CN(c1ccc(C23CC4CC(CC(C4)C2)C3)cc1)S(C)(=O)=O. The fourth-order valence-corrected chi connectivity index (χ4v) is 10.2. The number of anilines is 1. The second-order valence-corrected chi connectivity index (χ2v) is 17.0. The number of benzene rings is 3. The fourth-order valence-electron chi connectivity index (χ4n) is 8.83. The molecule has 0 unspecified atom stereocenters. The molecule has 0 radical (unpaired) electrons. The number of nitrogens with zero attached hydrogens (tertiary/aromatic N) is 2. The molecule has 0 spiro atoms. The van der Waals surface area contributed by atoms with Crippen LogP contribution in [0.25, 0.3) is 0 Å². The highest BCUT2D eigenvalue weighted by molar-refractivity contribution is 7.92.